The molecule has 0 saturated carbocycles. The molecule has 3 N–H and O–H groups in total. The van der Waals surface area contributed by atoms with Crippen LogP contribution >= 0.6 is 0 Å². The lowest BCUT2D eigenvalue weighted by molar-refractivity contribution is 0.329. The summed E-state index contributed by atoms with van der Waals surface area (Å²) in [5, 5.41) is 0. The highest BCUT2D eigenvalue weighted by atomic mass is 19.1. The molecular weight excluding hydrogens is 231 g/mol. The third kappa shape index (κ3) is 4.27. The molecule has 1 aromatic rings. The summed E-state index contributed by atoms with van der Waals surface area (Å²) in [6.45, 7) is 6.47. The number of hydrazine groups is 1. The van der Waals surface area contributed by atoms with E-state index in [-0.39, 0.29) is 17.3 Å². The van der Waals surface area contributed by atoms with E-state index in [1.165, 1.54) is 13.2 Å². The summed E-state index contributed by atoms with van der Waals surface area (Å²) in [5.41, 5.74) is 3.48. The van der Waals surface area contributed by atoms with Crippen molar-refractivity contribution in [1.82, 2.24) is 5.43 Å². The van der Waals surface area contributed by atoms with Crippen molar-refractivity contribution in [2.45, 2.75) is 39.7 Å². The minimum atomic E-state index is -0.286. The second kappa shape index (κ2) is 6.16. The number of nitrogens with one attached hydrogen (secondary N) is 1. The van der Waals surface area contributed by atoms with E-state index in [4.69, 9.17) is 10.6 Å². The van der Waals surface area contributed by atoms with Crippen molar-refractivity contribution in [3.05, 3.63) is 29.6 Å². The average molecular weight is 254 g/mol. The Kier molecular flexibility index (Phi) is 5.11. The monoisotopic (exact) mass is 254 g/mol. The summed E-state index contributed by atoms with van der Waals surface area (Å²) in [4.78, 5) is 0. The molecule has 1 rings (SSSR count). The fourth-order valence-corrected chi connectivity index (χ4v) is 1.82. The molecule has 4 heteroatoms. The number of hydrogen-bond donors (Lipinski definition) is 2. The average Bonchev–Trinajstić information content (AvgIpc) is 2.30. The Morgan fingerprint density at radius 3 is 2.50 bits per heavy atom. The van der Waals surface area contributed by atoms with Gasteiger partial charge in [-0.1, -0.05) is 26.8 Å². The molecule has 0 aliphatic carbocycles. The summed E-state index contributed by atoms with van der Waals surface area (Å²) in [7, 11) is 1.52. The van der Waals surface area contributed by atoms with Crippen molar-refractivity contribution < 1.29 is 9.13 Å². The minimum Gasteiger partial charge on any atom is -0.497 e. The van der Waals surface area contributed by atoms with E-state index in [9.17, 15) is 4.39 Å². The predicted octanol–water partition coefficient (Wildman–Crippen LogP) is 3.17. The Balaban J connectivity index is 2.82. The van der Waals surface area contributed by atoms with Crippen LogP contribution in [0.2, 0.25) is 0 Å². The maximum absolute atomic E-state index is 13.9. The minimum absolute atomic E-state index is 0.171. The van der Waals surface area contributed by atoms with Gasteiger partial charge in [-0.3, -0.25) is 11.3 Å². The van der Waals surface area contributed by atoms with Crippen LogP contribution in [0, 0.1) is 11.2 Å². The van der Waals surface area contributed by atoms with Crippen molar-refractivity contribution >= 4 is 0 Å². The van der Waals surface area contributed by atoms with E-state index in [1.807, 2.05) is 0 Å². The Labute approximate surface area is 108 Å². The normalized spacial score (nSPS) is 13.4. The summed E-state index contributed by atoms with van der Waals surface area (Å²) >= 11 is 0. The maximum atomic E-state index is 13.9. The number of benzene rings is 1. The zero-order valence-electron chi connectivity index (χ0n) is 11.6. The quantitative estimate of drug-likeness (QED) is 0.626. The van der Waals surface area contributed by atoms with Gasteiger partial charge in [-0.2, -0.15) is 0 Å². The second-order valence-corrected chi connectivity index (χ2v) is 5.71. The first kappa shape index (κ1) is 14.9. The molecule has 1 aromatic carbocycles. The summed E-state index contributed by atoms with van der Waals surface area (Å²) in [5.74, 6) is 5.76. The van der Waals surface area contributed by atoms with Gasteiger partial charge in [0.25, 0.3) is 0 Å². The van der Waals surface area contributed by atoms with Gasteiger partial charge in [-0.15, -0.1) is 0 Å². The van der Waals surface area contributed by atoms with Gasteiger partial charge in [0.1, 0.15) is 11.6 Å². The van der Waals surface area contributed by atoms with Gasteiger partial charge in [0.15, 0.2) is 0 Å². The number of hydrogen-bond acceptors (Lipinski definition) is 3. The van der Waals surface area contributed by atoms with Crippen molar-refractivity contribution in [2.24, 2.45) is 11.3 Å². The fourth-order valence-electron chi connectivity index (χ4n) is 1.82. The molecule has 0 saturated heterocycles. The van der Waals surface area contributed by atoms with Gasteiger partial charge in [-0.05, 0) is 24.3 Å². The van der Waals surface area contributed by atoms with Gasteiger partial charge in [-0.25, -0.2) is 4.39 Å². The lowest BCUT2D eigenvalue weighted by Gasteiger charge is -2.23. The Bertz CT molecular complexity index is 388. The first-order valence-corrected chi connectivity index (χ1v) is 6.17. The van der Waals surface area contributed by atoms with Crippen LogP contribution in [0.25, 0.3) is 0 Å². The highest BCUT2D eigenvalue weighted by Crippen LogP contribution is 2.29. The van der Waals surface area contributed by atoms with Gasteiger partial charge in [0, 0.05) is 17.7 Å². The lowest BCUT2D eigenvalue weighted by Crippen LogP contribution is -2.29. The highest BCUT2D eigenvalue weighted by molar-refractivity contribution is 5.30. The van der Waals surface area contributed by atoms with Crippen LogP contribution in [0.15, 0.2) is 18.2 Å². The van der Waals surface area contributed by atoms with Crippen LogP contribution in [0.1, 0.15) is 45.2 Å². The molecule has 0 heterocycles. The predicted molar refractivity (Wildman–Crippen MR) is 71.7 cm³/mol. The van der Waals surface area contributed by atoms with Crippen LogP contribution in [-0.2, 0) is 0 Å². The van der Waals surface area contributed by atoms with Crippen molar-refractivity contribution in [1.29, 1.82) is 0 Å². The number of nitrogens with two attached hydrogens (primary N) is 1. The Hall–Kier alpha value is -1.13. The van der Waals surface area contributed by atoms with Gasteiger partial charge in [0.2, 0.25) is 0 Å². The molecule has 0 aromatic heterocycles. The fraction of sp³-hybridized carbons (Fsp3) is 0.571. The van der Waals surface area contributed by atoms with E-state index < -0.39 is 0 Å². The van der Waals surface area contributed by atoms with Gasteiger partial charge in [0.05, 0.1) is 7.11 Å². The van der Waals surface area contributed by atoms with Crippen LogP contribution in [0.3, 0.4) is 0 Å². The van der Waals surface area contributed by atoms with Gasteiger partial charge >= 0.3 is 0 Å². The number of methoxy groups -OCH3 is 1. The van der Waals surface area contributed by atoms with E-state index in [1.54, 1.807) is 12.1 Å². The lowest BCUT2D eigenvalue weighted by atomic mass is 9.87. The molecule has 1 unspecified atom stereocenters. The van der Waals surface area contributed by atoms with Crippen LogP contribution in [-0.4, -0.2) is 7.11 Å². The molecule has 0 fully saturated rings. The maximum Gasteiger partial charge on any atom is 0.131 e. The molecule has 0 radical (unpaired) electrons. The van der Waals surface area contributed by atoms with Crippen LogP contribution in [0.5, 0.6) is 5.75 Å². The van der Waals surface area contributed by atoms with E-state index in [0.717, 1.165) is 12.8 Å². The van der Waals surface area contributed by atoms with Crippen LogP contribution < -0.4 is 16.0 Å². The molecule has 18 heavy (non-hydrogen) atoms. The summed E-state index contributed by atoms with van der Waals surface area (Å²) in [6, 6.07) is 4.69. The zero-order chi connectivity index (χ0) is 13.8. The number of rotatable bonds is 5. The SMILES string of the molecule is COc1ccc(C(CCC(C)(C)C)NN)c(F)c1. The summed E-state index contributed by atoms with van der Waals surface area (Å²) < 4.78 is 18.9. The van der Waals surface area contributed by atoms with E-state index in [2.05, 4.69) is 26.2 Å². The third-order valence-corrected chi connectivity index (χ3v) is 2.97. The molecule has 3 nitrogen and oxygen atoms in total. The molecule has 0 aliphatic rings. The molecule has 102 valence electrons. The number of halogens is 1. The Morgan fingerprint density at radius 1 is 1.39 bits per heavy atom. The zero-order valence-corrected chi connectivity index (χ0v) is 11.6. The third-order valence-electron chi connectivity index (χ3n) is 2.97. The standard InChI is InChI=1S/C14H23FN2O/c1-14(2,3)8-7-13(17-16)11-6-5-10(18-4)9-12(11)15/h5-6,9,13,17H,7-8,16H2,1-4H3. The second-order valence-electron chi connectivity index (χ2n) is 5.71. The number of ether oxygens (including phenoxy) is 1. The van der Waals surface area contributed by atoms with E-state index in [0.29, 0.717) is 11.3 Å². The molecule has 0 bridgehead atoms. The first-order chi connectivity index (χ1) is 8.37. The Morgan fingerprint density at radius 2 is 2.06 bits per heavy atom. The van der Waals surface area contributed by atoms with Crippen molar-refractivity contribution in [2.75, 3.05) is 7.11 Å². The molecule has 0 aliphatic heterocycles. The van der Waals surface area contributed by atoms with Gasteiger partial charge < -0.3 is 4.74 Å². The highest BCUT2D eigenvalue weighted by Gasteiger charge is 2.18. The van der Waals surface area contributed by atoms with E-state index >= 15 is 0 Å². The van der Waals surface area contributed by atoms with Crippen LogP contribution in [0.4, 0.5) is 4.39 Å². The molecule has 0 amide bonds. The first-order valence-electron chi connectivity index (χ1n) is 6.17. The smallest absolute Gasteiger partial charge is 0.131 e. The molecule has 1 atom stereocenters. The molecule has 0 spiro atoms. The van der Waals surface area contributed by atoms with Crippen molar-refractivity contribution in [3.63, 3.8) is 0 Å². The topological polar surface area (TPSA) is 47.3 Å². The summed E-state index contributed by atoms with van der Waals surface area (Å²) in [6.07, 6.45) is 1.76. The van der Waals surface area contributed by atoms with Crippen molar-refractivity contribution in [3.8, 4) is 5.75 Å². The molecular formula is C14H23FN2O. The largest absolute Gasteiger partial charge is 0.497 e.